The summed E-state index contributed by atoms with van der Waals surface area (Å²) in [6, 6.07) is 15.7. The third-order valence-corrected chi connectivity index (χ3v) is 5.38. The minimum Gasteiger partial charge on any atom is -0.495 e. The first kappa shape index (κ1) is 19.5. The van der Waals surface area contributed by atoms with Gasteiger partial charge in [0.2, 0.25) is 5.91 Å². The molecule has 2 aromatic carbocycles. The SMILES string of the molecule is COc1ccc(Cl)cc1NCCC(=O)N1C[C@@H](CN)[C@H](c2ccccc2)C1. The van der Waals surface area contributed by atoms with Gasteiger partial charge in [0.05, 0.1) is 12.8 Å². The molecule has 0 spiro atoms. The van der Waals surface area contributed by atoms with Crippen LogP contribution in [0.1, 0.15) is 17.9 Å². The monoisotopic (exact) mass is 387 g/mol. The van der Waals surface area contributed by atoms with E-state index < -0.39 is 0 Å². The van der Waals surface area contributed by atoms with E-state index in [0.717, 1.165) is 18.8 Å². The van der Waals surface area contributed by atoms with Crippen LogP contribution in [-0.4, -0.2) is 44.1 Å². The molecular formula is C21H26ClN3O2. The Labute approximate surface area is 165 Å². The van der Waals surface area contributed by atoms with E-state index in [1.807, 2.05) is 29.2 Å². The molecule has 0 unspecified atom stereocenters. The second kappa shape index (κ2) is 9.11. The quantitative estimate of drug-likeness (QED) is 0.764. The van der Waals surface area contributed by atoms with Gasteiger partial charge in [-0.05, 0) is 36.2 Å². The first-order valence-corrected chi connectivity index (χ1v) is 9.60. The molecule has 2 atom stereocenters. The van der Waals surface area contributed by atoms with Crippen LogP contribution in [0.2, 0.25) is 5.02 Å². The summed E-state index contributed by atoms with van der Waals surface area (Å²) in [5, 5.41) is 3.87. The molecule has 144 valence electrons. The highest BCUT2D eigenvalue weighted by Gasteiger charge is 2.34. The lowest BCUT2D eigenvalue weighted by Crippen LogP contribution is -2.31. The summed E-state index contributed by atoms with van der Waals surface area (Å²) in [4.78, 5) is 14.6. The number of ether oxygens (including phenoxy) is 1. The van der Waals surface area contributed by atoms with Gasteiger partial charge in [-0.2, -0.15) is 0 Å². The Hall–Kier alpha value is -2.24. The molecule has 5 nitrogen and oxygen atoms in total. The number of nitrogens with one attached hydrogen (secondary N) is 1. The van der Waals surface area contributed by atoms with Crippen molar-refractivity contribution in [2.75, 3.05) is 38.6 Å². The normalized spacial score (nSPS) is 19.1. The Morgan fingerprint density at radius 2 is 2.04 bits per heavy atom. The average molecular weight is 388 g/mol. The maximum absolute atomic E-state index is 12.7. The fourth-order valence-corrected chi connectivity index (χ4v) is 3.84. The molecule has 3 N–H and O–H groups in total. The number of rotatable bonds is 7. The Kier molecular flexibility index (Phi) is 6.58. The van der Waals surface area contributed by atoms with Crippen molar-refractivity contribution in [3.05, 3.63) is 59.1 Å². The molecule has 1 saturated heterocycles. The van der Waals surface area contributed by atoms with Crippen molar-refractivity contribution in [2.45, 2.75) is 12.3 Å². The minimum absolute atomic E-state index is 0.139. The Balaban J connectivity index is 1.56. The van der Waals surface area contributed by atoms with Gasteiger partial charge in [0.1, 0.15) is 5.75 Å². The van der Waals surface area contributed by atoms with Crippen molar-refractivity contribution in [1.29, 1.82) is 0 Å². The zero-order valence-electron chi connectivity index (χ0n) is 15.5. The smallest absolute Gasteiger partial charge is 0.224 e. The minimum atomic E-state index is 0.139. The second-order valence-electron chi connectivity index (χ2n) is 6.83. The van der Waals surface area contributed by atoms with E-state index in [1.54, 1.807) is 19.2 Å². The van der Waals surface area contributed by atoms with Crippen LogP contribution < -0.4 is 15.8 Å². The van der Waals surface area contributed by atoms with Gasteiger partial charge in [-0.15, -0.1) is 0 Å². The Morgan fingerprint density at radius 1 is 1.26 bits per heavy atom. The van der Waals surface area contributed by atoms with E-state index in [-0.39, 0.29) is 5.91 Å². The van der Waals surface area contributed by atoms with Crippen molar-refractivity contribution < 1.29 is 9.53 Å². The van der Waals surface area contributed by atoms with Gasteiger partial charge in [-0.1, -0.05) is 41.9 Å². The van der Waals surface area contributed by atoms with Crippen LogP contribution in [0.4, 0.5) is 5.69 Å². The highest BCUT2D eigenvalue weighted by atomic mass is 35.5. The lowest BCUT2D eigenvalue weighted by atomic mass is 9.89. The summed E-state index contributed by atoms with van der Waals surface area (Å²) in [7, 11) is 1.61. The largest absolute Gasteiger partial charge is 0.495 e. The summed E-state index contributed by atoms with van der Waals surface area (Å²) in [6.45, 7) is 2.55. The first-order chi connectivity index (χ1) is 13.1. The van der Waals surface area contributed by atoms with Crippen LogP contribution in [-0.2, 0) is 4.79 Å². The zero-order chi connectivity index (χ0) is 19.2. The molecule has 2 aromatic rings. The van der Waals surface area contributed by atoms with Gasteiger partial charge in [0, 0.05) is 37.0 Å². The van der Waals surface area contributed by atoms with E-state index in [9.17, 15) is 4.79 Å². The highest BCUT2D eigenvalue weighted by molar-refractivity contribution is 6.30. The fraction of sp³-hybridized carbons (Fsp3) is 0.381. The predicted molar refractivity (Wildman–Crippen MR) is 109 cm³/mol. The molecular weight excluding hydrogens is 362 g/mol. The molecule has 0 aliphatic carbocycles. The number of carbonyl (C=O) groups is 1. The molecule has 0 saturated carbocycles. The number of likely N-dealkylation sites (tertiary alicyclic amines) is 1. The number of amides is 1. The first-order valence-electron chi connectivity index (χ1n) is 9.22. The lowest BCUT2D eigenvalue weighted by Gasteiger charge is -2.17. The number of anilines is 1. The van der Waals surface area contributed by atoms with Crippen LogP contribution in [0.15, 0.2) is 48.5 Å². The highest BCUT2D eigenvalue weighted by Crippen LogP contribution is 2.32. The predicted octanol–water partition coefficient (Wildman–Crippen LogP) is 3.35. The number of halogens is 1. The van der Waals surface area contributed by atoms with Crippen LogP contribution in [0.25, 0.3) is 0 Å². The Morgan fingerprint density at radius 3 is 2.74 bits per heavy atom. The molecule has 6 heteroatoms. The number of hydrogen-bond acceptors (Lipinski definition) is 4. The molecule has 0 bridgehead atoms. The summed E-state index contributed by atoms with van der Waals surface area (Å²) < 4.78 is 5.32. The van der Waals surface area contributed by atoms with E-state index in [0.29, 0.717) is 42.1 Å². The molecule has 0 aromatic heterocycles. The van der Waals surface area contributed by atoms with Gasteiger partial charge >= 0.3 is 0 Å². The second-order valence-corrected chi connectivity index (χ2v) is 7.27. The number of nitrogens with two attached hydrogens (primary N) is 1. The molecule has 0 radical (unpaired) electrons. The zero-order valence-corrected chi connectivity index (χ0v) is 16.3. The molecule has 1 heterocycles. The van der Waals surface area contributed by atoms with Crippen molar-refractivity contribution >= 4 is 23.2 Å². The van der Waals surface area contributed by atoms with Gasteiger partial charge in [-0.3, -0.25) is 4.79 Å². The molecule has 27 heavy (non-hydrogen) atoms. The van der Waals surface area contributed by atoms with E-state index in [2.05, 4.69) is 17.4 Å². The van der Waals surface area contributed by atoms with E-state index in [1.165, 1.54) is 5.56 Å². The van der Waals surface area contributed by atoms with Gasteiger partial charge < -0.3 is 20.7 Å². The van der Waals surface area contributed by atoms with Crippen molar-refractivity contribution in [3.63, 3.8) is 0 Å². The van der Waals surface area contributed by atoms with Crippen LogP contribution in [0.3, 0.4) is 0 Å². The topological polar surface area (TPSA) is 67.6 Å². The van der Waals surface area contributed by atoms with E-state index in [4.69, 9.17) is 22.1 Å². The molecule has 1 aliphatic heterocycles. The average Bonchev–Trinajstić information content (AvgIpc) is 3.13. The van der Waals surface area contributed by atoms with Crippen molar-refractivity contribution in [3.8, 4) is 5.75 Å². The standard InChI is InChI=1S/C21H26ClN3O2/c1-27-20-8-7-17(22)11-19(20)24-10-9-21(26)25-13-16(12-23)18(14-25)15-5-3-2-4-6-15/h2-8,11,16,18,24H,9-10,12-14,23H2,1H3/t16-,18+/m1/s1. The molecule has 1 aliphatic rings. The molecule has 3 rings (SSSR count). The summed E-state index contributed by atoms with van der Waals surface area (Å²) >= 11 is 6.04. The molecule has 1 amide bonds. The number of nitrogens with zero attached hydrogens (tertiary/aromatic N) is 1. The number of carbonyl (C=O) groups excluding carboxylic acids is 1. The van der Waals surface area contributed by atoms with Crippen molar-refractivity contribution in [1.82, 2.24) is 4.90 Å². The Bertz CT molecular complexity index is 769. The van der Waals surface area contributed by atoms with Crippen LogP contribution in [0, 0.1) is 5.92 Å². The van der Waals surface area contributed by atoms with Crippen LogP contribution in [0.5, 0.6) is 5.75 Å². The fourth-order valence-electron chi connectivity index (χ4n) is 3.67. The maximum Gasteiger partial charge on any atom is 0.224 e. The van der Waals surface area contributed by atoms with E-state index >= 15 is 0 Å². The number of methoxy groups -OCH3 is 1. The van der Waals surface area contributed by atoms with Crippen LogP contribution >= 0.6 is 11.6 Å². The maximum atomic E-state index is 12.7. The van der Waals surface area contributed by atoms with Gasteiger partial charge in [0.25, 0.3) is 0 Å². The summed E-state index contributed by atoms with van der Waals surface area (Å²) in [5.74, 6) is 1.46. The lowest BCUT2D eigenvalue weighted by molar-refractivity contribution is -0.130. The molecule has 1 fully saturated rings. The number of hydrogen-bond donors (Lipinski definition) is 2. The number of benzene rings is 2. The third-order valence-electron chi connectivity index (χ3n) is 5.14. The van der Waals surface area contributed by atoms with Gasteiger partial charge in [0.15, 0.2) is 0 Å². The van der Waals surface area contributed by atoms with Crippen molar-refractivity contribution in [2.24, 2.45) is 11.7 Å². The summed E-state index contributed by atoms with van der Waals surface area (Å²) in [5.41, 5.74) is 8.02. The summed E-state index contributed by atoms with van der Waals surface area (Å²) in [6.07, 6.45) is 0.411. The third kappa shape index (κ3) is 4.73. The van der Waals surface area contributed by atoms with Gasteiger partial charge in [-0.25, -0.2) is 0 Å².